The predicted octanol–water partition coefficient (Wildman–Crippen LogP) is 6.21. The van der Waals surface area contributed by atoms with Crippen LogP contribution in [0.3, 0.4) is 0 Å². The topological polar surface area (TPSA) is 62.2 Å². The third kappa shape index (κ3) is 6.97. The van der Waals surface area contributed by atoms with Crippen molar-refractivity contribution in [3.05, 3.63) is 58.8 Å². The summed E-state index contributed by atoms with van der Waals surface area (Å²) in [5, 5.41) is 12.5. The summed E-state index contributed by atoms with van der Waals surface area (Å²) in [7, 11) is 0. The molecule has 1 aromatic heterocycles. The predicted molar refractivity (Wildman–Crippen MR) is 114 cm³/mol. The van der Waals surface area contributed by atoms with Crippen LogP contribution < -0.4 is 5.32 Å². The van der Waals surface area contributed by atoms with Crippen LogP contribution in [0.4, 0.5) is 19.0 Å². The van der Waals surface area contributed by atoms with E-state index in [0.717, 1.165) is 75.1 Å². The summed E-state index contributed by atoms with van der Waals surface area (Å²) in [5.74, 6) is -0.399. The Hall–Kier alpha value is -2.57. The third-order valence-corrected chi connectivity index (χ3v) is 5.79. The fourth-order valence-electron chi connectivity index (χ4n) is 4.12. The largest absolute Gasteiger partial charge is 0.481 e. The van der Waals surface area contributed by atoms with Crippen molar-refractivity contribution in [3.8, 4) is 0 Å². The first-order chi connectivity index (χ1) is 14.8. The zero-order valence-electron chi connectivity index (χ0n) is 17.5. The van der Waals surface area contributed by atoms with Crippen molar-refractivity contribution >= 4 is 11.8 Å². The van der Waals surface area contributed by atoms with Crippen molar-refractivity contribution < 1.29 is 23.1 Å². The molecule has 1 atom stereocenters. The van der Waals surface area contributed by atoms with E-state index >= 15 is 0 Å². The summed E-state index contributed by atoms with van der Waals surface area (Å²) in [6.07, 6.45) is 2.74. The number of aliphatic carboxylic acids is 1. The van der Waals surface area contributed by atoms with E-state index in [1.165, 1.54) is 11.6 Å². The van der Waals surface area contributed by atoms with Crippen LogP contribution in [0, 0.1) is 0 Å². The highest BCUT2D eigenvalue weighted by Crippen LogP contribution is 2.33. The second kappa shape index (κ2) is 10.6. The van der Waals surface area contributed by atoms with Crippen LogP contribution in [0.25, 0.3) is 0 Å². The third-order valence-electron chi connectivity index (χ3n) is 5.79. The molecular weight excluding hydrogens is 405 g/mol. The number of halogens is 3. The van der Waals surface area contributed by atoms with Crippen LogP contribution in [-0.2, 0) is 23.8 Å². The molecular formula is C24H29F3N2O2. The Morgan fingerprint density at radius 1 is 1.13 bits per heavy atom. The maximum atomic E-state index is 13.0. The van der Waals surface area contributed by atoms with Gasteiger partial charge in [0.25, 0.3) is 0 Å². The Morgan fingerprint density at radius 2 is 1.94 bits per heavy atom. The normalized spacial score (nSPS) is 14.5. The number of nitrogens with zero attached hydrogens (tertiary/aromatic N) is 1. The average molecular weight is 435 g/mol. The van der Waals surface area contributed by atoms with Gasteiger partial charge in [-0.3, -0.25) is 4.79 Å². The minimum absolute atomic E-state index is 0.159. The molecule has 0 spiro atoms. The number of nitrogens with one attached hydrogen (secondary N) is 1. The molecule has 0 unspecified atom stereocenters. The van der Waals surface area contributed by atoms with Gasteiger partial charge in [0, 0.05) is 12.2 Å². The molecule has 0 fully saturated rings. The summed E-state index contributed by atoms with van der Waals surface area (Å²) >= 11 is 0. The van der Waals surface area contributed by atoms with Crippen molar-refractivity contribution in [1.29, 1.82) is 0 Å². The lowest BCUT2D eigenvalue weighted by Gasteiger charge is -2.18. The van der Waals surface area contributed by atoms with Gasteiger partial charge in [-0.15, -0.1) is 0 Å². The van der Waals surface area contributed by atoms with Crippen LogP contribution in [0.2, 0.25) is 0 Å². The van der Waals surface area contributed by atoms with E-state index in [9.17, 15) is 23.1 Å². The molecule has 4 nitrogen and oxygen atoms in total. The number of anilines is 1. The Bertz CT molecular complexity index is 883. The molecule has 1 aliphatic heterocycles. The zero-order valence-corrected chi connectivity index (χ0v) is 17.5. The molecule has 1 aliphatic rings. The standard InChI is InChI=1S/C24H29F3N2O2/c25-24(26,27)20-10-5-8-18(15-20)19(16-22(30)31)7-3-1-2-4-11-21-13-12-17-9-6-14-28-23(17)29-21/h5,8,10,12-13,15,19H,1-4,6-7,9,11,14,16H2,(H,28,29)(H,30,31)/t19-/m0/s1. The van der Waals surface area contributed by atoms with E-state index in [-0.39, 0.29) is 6.42 Å². The molecule has 0 aliphatic carbocycles. The van der Waals surface area contributed by atoms with Gasteiger partial charge in [0.1, 0.15) is 5.82 Å². The number of alkyl halides is 3. The van der Waals surface area contributed by atoms with E-state index < -0.39 is 23.6 Å². The number of carboxylic acid groups (broad SMARTS) is 1. The molecule has 31 heavy (non-hydrogen) atoms. The number of carbonyl (C=O) groups is 1. The molecule has 168 valence electrons. The van der Waals surface area contributed by atoms with Crippen molar-refractivity contribution in [1.82, 2.24) is 4.98 Å². The van der Waals surface area contributed by atoms with Crippen LogP contribution >= 0.6 is 0 Å². The lowest BCUT2D eigenvalue weighted by Crippen LogP contribution is -2.13. The number of carboxylic acids is 1. The van der Waals surface area contributed by atoms with Crippen molar-refractivity contribution in [2.45, 2.75) is 69.9 Å². The smallest absolute Gasteiger partial charge is 0.416 e. The number of hydrogen-bond donors (Lipinski definition) is 2. The van der Waals surface area contributed by atoms with Crippen LogP contribution in [0.1, 0.15) is 73.2 Å². The number of rotatable bonds is 10. The lowest BCUT2D eigenvalue weighted by molar-refractivity contribution is -0.138. The van der Waals surface area contributed by atoms with Crippen LogP contribution in [0.5, 0.6) is 0 Å². The van der Waals surface area contributed by atoms with Crippen molar-refractivity contribution in [2.75, 3.05) is 11.9 Å². The van der Waals surface area contributed by atoms with Crippen LogP contribution in [-0.4, -0.2) is 22.6 Å². The fraction of sp³-hybridized carbons (Fsp3) is 0.500. The Kier molecular flexibility index (Phi) is 7.93. The summed E-state index contributed by atoms with van der Waals surface area (Å²) in [5.41, 5.74) is 2.06. The zero-order chi connectivity index (χ0) is 22.3. The first kappa shape index (κ1) is 23.1. The molecule has 2 N–H and O–H groups in total. The van der Waals surface area contributed by atoms with E-state index in [4.69, 9.17) is 4.98 Å². The number of benzene rings is 1. The van der Waals surface area contributed by atoms with E-state index in [2.05, 4.69) is 17.4 Å². The minimum atomic E-state index is -4.43. The van der Waals surface area contributed by atoms with E-state index in [1.54, 1.807) is 6.07 Å². The minimum Gasteiger partial charge on any atom is -0.481 e. The van der Waals surface area contributed by atoms with Crippen molar-refractivity contribution in [2.24, 2.45) is 0 Å². The van der Waals surface area contributed by atoms with Gasteiger partial charge < -0.3 is 10.4 Å². The van der Waals surface area contributed by atoms with Gasteiger partial charge in [-0.05, 0) is 61.3 Å². The highest BCUT2D eigenvalue weighted by molar-refractivity contribution is 5.68. The Morgan fingerprint density at radius 3 is 2.71 bits per heavy atom. The molecule has 0 saturated heterocycles. The number of aryl methyl sites for hydroxylation is 2. The van der Waals surface area contributed by atoms with Gasteiger partial charge in [-0.1, -0.05) is 43.5 Å². The Balaban J connectivity index is 1.46. The lowest BCUT2D eigenvalue weighted by atomic mass is 9.89. The monoisotopic (exact) mass is 434 g/mol. The summed E-state index contributed by atoms with van der Waals surface area (Å²) in [6, 6.07) is 9.29. The van der Waals surface area contributed by atoms with Gasteiger partial charge in [-0.25, -0.2) is 4.98 Å². The maximum absolute atomic E-state index is 13.0. The number of aromatic nitrogens is 1. The molecule has 2 heterocycles. The summed E-state index contributed by atoms with van der Waals surface area (Å²) in [6.45, 7) is 0.965. The van der Waals surface area contributed by atoms with Gasteiger partial charge in [-0.2, -0.15) is 13.2 Å². The van der Waals surface area contributed by atoms with Gasteiger partial charge in [0.05, 0.1) is 12.0 Å². The average Bonchev–Trinajstić information content (AvgIpc) is 2.74. The van der Waals surface area contributed by atoms with E-state index in [1.807, 2.05) is 0 Å². The second-order valence-corrected chi connectivity index (χ2v) is 8.21. The van der Waals surface area contributed by atoms with Gasteiger partial charge >= 0.3 is 12.1 Å². The molecule has 0 amide bonds. The highest BCUT2D eigenvalue weighted by atomic mass is 19.4. The quantitative estimate of drug-likeness (QED) is 0.437. The number of pyridine rings is 1. The number of fused-ring (bicyclic) bond motifs is 1. The molecule has 7 heteroatoms. The molecule has 0 radical (unpaired) electrons. The van der Waals surface area contributed by atoms with Gasteiger partial charge in [0.2, 0.25) is 0 Å². The molecule has 0 saturated carbocycles. The number of unbranched alkanes of at least 4 members (excludes halogenated alkanes) is 3. The van der Waals surface area contributed by atoms with Gasteiger partial charge in [0.15, 0.2) is 0 Å². The SMILES string of the molecule is O=C(O)C[C@H](CCCCCCc1ccc2c(n1)NCCC2)c1cccc(C(F)(F)F)c1. The first-order valence-corrected chi connectivity index (χ1v) is 10.9. The molecule has 0 bridgehead atoms. The molecule has 1 aromatic carbocycles. The summed E-state index contributed by atoms with van der Waals surface area (Å²) < 4.78 is 39.0. The van der Waals surface area contributed by atoms with Crippen molar-refractivity contribution in [3.63, 3.8) is 0 Å². The fourth-order valence-corrected chi connectivity index (χ4v) is 4.12. The first-order valence-electron chi connectivity index (χ1n) is 10.9. The highest BCUT2D eigenvalue weighted by Gasteiger charge is 2.31. The molecule has 2 aromatic rings. The van der Waals surface area contributed by atoms with E-state index in [0.29, 0.717) is 12.0 Å². The number of hydrogen-bond acceptors (Lipinski definition) is 3. The summed E-state index contributed by atoms with van der Waals surface area (Å²) in [4.78, 5) is 15.9. The maximum Gasteiger partial charge on any atom is 0.416 e. The second-order valence-electron chi connectivity index (χ2n) is 8.21. The molecule has 3 rings (SSSR count). The van der Waals surface area contributed by atoms with Crippen LogP contribution in [0.15, 0.2) is 36.4 Å². The Labute approximate surface area is 180 Å².